The van der Waals surface area contributed by atoms with Crippen LogP contribution in [-0.4, -0.2) is 47.8 Å². The van der Waals surface area contributed by atoms with E-state index in [4.69, 9.17) is 51.4 Å². The van der Waals surface area contributed by atoms with Crippen LogP contribution in [0.15, 0.2) is 48.5 Å². The minimum absolute atomic E-state index is 0. The van der Waals surface area contributed by atoms with Crippen molar-refractivity contribution in [3.05, 3.63) is 58.6 Å². The van der Waals surface area contributed by atoms with E-state index in [1.807, 2.05) is 42.5 Å². The predicted octanol–water partition coefficient (Wildman–Crippen LogP) is 7.21. The predicted molar refractivity (Wildman–Crippen MR) is 135 cm³/mol. The van der Waals surface area contributed by atoms with Gasteiger partial charge in [0.2, 0.25) is 0 Å². The summed E-state index contributed by atoms with van der Waals surface area (Å²) in [5.41, 5.74) is 3.79. The molecule has 3 rings (SSSR count). The van der Waals surface area contributed by atoms with E-state index in [1.54, 1.807) is 0 Å². The topological polar surface area (TPSA) is 28.2 Å². The summed E-state index contributed by atoms with van der Waals surface area (Å²) in [7, 11) is 0. The molecule has 3 aromatic rings. The number of hydrogen-bond donors (Lipinski definition) is 1. The van der Waals surface area contributed by atoms with E-state index in [0.717, 1.165) is 60.4 Å². The average molecular weight is 508 g/mol. The molecule has 0 aliphatic rings. The molecule has 0 bridgehead atoms. The van der Waals surface area contributed by atoms with Crippen LogP contribution in [0.5, 0.6) is 0 Å². The molecule has 0 radical (unpaired) electrons. The summed E-state index contributed by atoms with van der Waals surface area (Å²) < 4.78 is 0. The first-order valence-electron chi connectivity index (χ1n) is 9.55. The molecular formula is C22H24Cl5N3. The first-order valence-corrected chi connectivity index (χ1v) is 11.4. The van der Waals surface area contributed by atoms with Crippen LogP contribution < -0.4 is 5.32 Å². The van der Waals surface area contributed by atoms with Crippen LogP contribution >= 0.6 is 58.8 Å². The maximum Gasteiger partial charge on any atom is 0.0745 e. The highest BCUT2D eigenvalue weighted by Gasteiger charge is 2.09. The Morgan fingerprint density at radius 3 is 2.17 bits per heavy atom. The molecule has 0 unspecified atom stereocenters. The fourth-order valence-corrected chi connectivity index (χ4v) is 3.99. The molecule has 0 fully saturated rings. The van der Waals surface area contributed by atoms with Gasteiger partial charge >= 0.3 is 0 Å². The molecule has 0 saturated carbocycles. The van der Waals surface area contributed by atoms with Crippen LogP contribution in [0.2, 0.25) is 10.0 Å². The third-order valence-corrected chi connectivity index (χ3v) is 5.51. The fraction of sp³-hybridized carbons (Fsp3) is 0.318. The summed E-state index contributed by atoms with van der Waals surface area (Å²) in [6, 6.07) is 15.6. The highest BCUT2D eigenvalue weighted by molar-refractivity contribution is 6.31. The van der Waals surface area contributed by atoms with E-state index in [9.17, 15) is 0 Å². The highest BCUT2D eigenvalue weighted by Crippen LogP contribution is 2.30. The SMILES string of the molecule is Cl.ClCCN(CCCl)CCCNc1cc(-c2ccc(Cl)cc2)nc2cc(Cl)ccc12. The number of anilines is 1. The first-order chi connectivity index (χ1) is 14.1. The first kappa shape index (κ1) is 25.3. The van der Waals surface area contributed by atoms with Gasteiger partial charge in [-0.05, 0) is 49.4 Å². The average Bonchev–Trinajstić information content (AvgIpc) is 2.71. The standard InChI is InChI=1S/C22H23Cl4N3.ClH/c23-8-12-29(13-9-24)11-1-10-27-21-15-20(16-2-4-17(25)5-3-16)28-22-14-18(26)6-7-19(21)22;/h2-7,14-15H,1,8-13H2,(H,27,28);1H. The number of benzene rings is 2. The van der Waals surface area contributed by atoms with Crippen molar-refractivity contribution >= 4 is 75.4 Å². The van der Waals surface area contributed by atoms with Crippen molar-refractivity contribution in [1.29, 1.82) is 0 Å². The zero-order chi connectivity index (χ0) is 20.6. The Balaban J connectivity index is 0.00000320. The summed E-state index contributed by atoms with van der Waals surface area (Å²) in [6.07, 6.45) is 0.988. The van der Waals surface area contributed by atoms with Crippen LogP contribution in [0, 0.1) is 0 Å². The maximum atomic E-state index is 6.21. The quantitative estimate of drug-likeness (QED) is 0.232. The molecule has 3 nitrogen and oxygen atoms in total. The van der Waals surface area contributed by atoms with Gasteiger partial charge in [0.15, 0.2) is 0 Å². The van der Waals surface area contributed by atoms with Crippen molar-refractivity contribution in [1.82, 2.24) is 9.88 Å². The third kappa shape index (κ3) is 7.05. The zero-order valence-electron chi connectivity index (χ0n) is 16.4. The third-order valence-electron chi connectivity index (χ3n) is 4.68. The summed E-state index contributed by atoms with van der Waals surface area (Å²) in [5.74, 6) is 1.23. The Kier molecular flexibility index (Phi) is 10.8. The monoisotopic (exact) mass is 505 g/mol. The van der Waals surface area contributed by atoms with Crippen molar-refractivity contribution in [2.75, 3.05) is 43.3 Å². The zero-order valence-corrected chi connectivity index (χ0v) is 20.2. The smallest absolute Gasteiger partial charge is 0.0745 e. The summed E-state index contributed by atoms with van der Waals surface area (Å²) in [6.45, 7) is 3.49. The molecule has 0 spiro atoms. The van der Waals surface area contributed by atoms with Gasteiger partial charge in [0.05, 0.1) is 11.2 Å². The Bertz CT molecular complexity index is 928. The van der Waals surface area contributed by atoms with E-state index in [-0.39, 0.29) is 12.4 Å². The van der Waals surface area contributed by atoms with Crippen LogP contribution in [0.1, 0.15) is 6.42 Å². The second kappa shape index (κ2) is 12.8. The number of fused-ring (bicyclic) bond motifs is 1. The van der Waals surface area contributed by atoms with Crippen molar-refractivity contribution in [2.24, 2.45) is 0 Å². The number of alkyl halides is 2. The van der Waals surface area contributed by atoms with Crippen LogP contribution in [0.4, 0.5) is 5.69 Å². The Labute approximate surface area is 204 Å². The lowest BCUT2D eigenvalue weighted by atomic mass is 10.1. The second-order valence-corrected chi connectivity index (χ2v) is 8.35. The van der Waals surface area contributed by atoms with Crippen molar-refractivity contribution in [3.63, 3.8) is 0 Å². The van der Waals surface area contributed by atoms with Gasteiger partial charge in [0.25, 0.3) is 0 Å². The molecule has 0 aliphatic heterocycles. The maximum absolute atomic E-state index is 6.21. The Morgan fingerprint density at radius 1 is 0.833 bits per heavy atom. The van der Waals surface area contributed by atoms with Crippen LogP contribution in [0.25, 0.3) is 22.2 Å². The molecule has 2 aromatic carbocycles. The van der Waals surface area contributed by atoms with Crippen LogP contribution in [-0.2, 0) is 0 Å². The van der Waals surface area contributed by atoms with Gasteiger partial charge in [-0.15, -0.1) is 35.6 Å². The lowest BCUT2D eigenvalue weighted by Gasteiger charge is -2.20. The lowest BCUT2D eigenvalue weighted by Crippen LogP contribution is -2.30. The van der Waals surface area contributed by atoms with Crippen molar-refractivity contribution in [3.8, 4) is 11.3 Å². The largest absolute Gasteiger partial charge is 0.384 e. The molecule has 162 valence electrons. The number of halogens is 5. The normalized spacial score (nSPS) is 11.0. The van der Waals surface area contributed by atoms with Gasteiger partial charge in [-0.1, -0.05) is 35.3 Å². The lowest BCUT2D eigenvalue weighted by molar-refractivity contribution is 0.306. The number of nitrogens with zero attached hydrogens (tertiary/aromatic N) is 2. The molecule has 1 aromatic heterocycles. The van der Waals surface area contributed by atoms with Crippen LogP contribution in [0.3, 0.4) is 0 Å². The molecule has 30 heavy (non-hydrogen) atoms. The molecule has 1 N–H and O–H groups in total. The fourth-order valence-electron chi connectivity index (χ4n) is 3.22. The van der Waals surface area contributed by atoms with Gasteiger partial charge in [0.1, 0.15) is 0 Å². The molecule has 0 atom stereocenters. The number of aromatic nitrogens is 1. The number of pyridine rings is 1. The van der Waals surface area contributed by atoms with E-state index in [2.05, 4.69) is 16.3 Å². The van der Waals surface area contributed by atoms with E-state index in [0.29, 0.717) is 21.8 Å². The molecular weight excluding hydrogens is 484 g/mol. The Hall–Kier alpha value is -0.940. The summed E-state index contributed by atoms with van der Waals surface area (Å²) >= 11 is 24.0. The number of hydrogen-bond acceptors (Lipinski definition) is 3. The summed E-state index contributed by atoms with van der Waals surface area (Å²) in [5, 5.41) is 5.98. The molecule has 0 aliphatic carbocycles. The Morgan fingerprint density at radius 2 is 1.50 bits per heavy atom. The van der Waals surface area contributed by atoms with E-state index in [1.165, 1.54) is 0 Å². The molecule has 0 saturated heterocycles. The minimum atomic E-state index is 0. The van der Waals surface area contributed by atoms with Gasteiger partial charge in [-0.3, -0.25) is 0 Å². The highest BCUT2D eigenvalue weighted by atomic mass is 35.5. The molecule has 0 amide bonds. The van der Waals surface area contributed by atoms with E-state index >= 15 is 0 Å². The molecule has 8 heteroatoms. The molecule has 1 heterocycles. The number of nitrogens with one attached hydrogen (secondary N) is 1. The van der Waals surface area contributed by atoms with Gasteiger partial charge < -0.3 is 10.2 Å². The second-order valence-electron chi connectivity index (χ2n) is 6.72. The summed E-state index contributed by atoms with van der Waals surface area (Å²) in [4.78, 5) is 7.08. The van der Waals surface area contributed by atoms with Gasteiger partial charge in [0, 0.05) is 58.1 Å². The van der Waals surface area contributed by atoms with Crippen molar-refractivity contribution in [2.45, 2.75) is 6.42 Å². The minimum Gasteiger partial charge on any atom is -0.384 e. The van der Waals surface area contributed by atoms with Gasteiger partial charge in [-0.25, -0.2) is 4.98 Å². The number of rotatable bonds is 10. The van der Waals surface area contributed by atoms with Gasteiger partial charge in [-0.2, -0.15) is 0 Å². The van der Waals surface area contributed by atoms with Crippen molar-refractivity contribution < 1.29 is 0 Å². The van der Waals surface area contributed by atoms with E-state index < -0.39 is 0 Å².